The number of aromatic nitrogens is 1. The molecule has 6 heteroatoms. The molecular formula is C22H19N3O3. The number of fused-ring (bicyclic) bond motifs is 2. The zero-order valence-corrected chi connectivity index (χ0v) is 15.2. The monoisotopic (exact) mass is 373 g/mol. The van der Waals surface area contributed by atoms with Gasteiger partial charge in [0.15, 0.2) is 11.5 Å². The average Bonchev–Trinajstić information content (AvgIpc) is 3.18. The van der Waals surface area contributed by atoms with Gasteiger partial charge in [0.25, 0.3) is 5.91 Å². The fourth-order valence-electron chi connectivity index (χ4n) is 3.60. The molecule has 0 atom stereocenters. The molecule has 0 aliphatic carbocycles. The second-order valence-electron chi connectivity index (χ2n) is 6.74. The normalized spacial score (nSPS) is 14.5. The zero-order valence-electron chi connectivity index (χ0n) is 15.2. The van der Waals surface area contributed by atoms with Gasteiger partial charge < -0.3 is 19.7 Å². The molecule has 1 aromatic heterocycles. The number of nitrogens with one attached hydrogen (secondary N) is 1. The first kappa shape index (κ1) is 16.6. The Morgan fingerprint density at radius 3 is 2.71 bits per heavy atom. The lowest BCUT2D eigenvalue weighted by Gasteiger charge is -2.19. The predicted molar refractivity (Wildman–Crippen MR) is 107 cm³/mol. The van der Waals surface area contributed by atoms with Crippen LogP contribution in [-0.4, -0.2) is 30.6 Å². The summed E-state index contributed by atoms with van der Waals surface area (Å²) in [4.78, 5) is 19.2. The maximum Gasteiger partial charge on any atom is 0.274 e. The van der Waals surface area contributed by atoms with Gasteiger partial charge >= 0.3 is 0 Å². The molecule has 0 unspecified atom stereocenters. The Hall–Kier alpha value is -3.54. The van der Waals surface area contributed by atoms with Crippen molar-refractivity contribution in [3.63, 3.8) is 0 Å². The first-order valence-electron chi connectivity index (χ1n) is 9.30. The van der Waals surface area contributed by atoms with Crippen LogP contribution in [0.3, 0.4) is 0 Å². The van der Waals surface area contributed by atoms with E-state index in [1.807, 2.05) is 12.1 Å². The fourth-order valence-corrected chi connectivity index (χ4v) is 3.60. The standard InChI is InChI=1S/C22H19N3O3/c26-22(24-16-5-8-20-21(13-16)28-12-11-27-20)18-7-6-17(14-23-18)25-10-9-15-3-1-2-4-19(15)25/h1-8,13-14H,9-12H2,(H,24,26). The summed E-state index contributed by atoms with van der Waals surface area (Å²) in [5.74, 6) is 1.07. The number of carbonyl (C=O) groups is 1. The summed E-state index contributed by atoms with van der Waals surface area (Å²) in [5.41, 5.74) is 4.54. The van der Waals surface area contributed by atoms with Crippen molar-refractivity contribution >= 4 is 23.0 Å². The highest BCUT2D eigenvalue weighted by Crippen LogP contribution is 2.34. The Balaban J connectivity index is 1.31. The van der Waals surface area contributed by atoms with Crippen LogP contribution in [0.1, 0.15) is 16.1 Å². The minimum absolute atomic E-state index is 0.259. The maximum absolute atomic E-state index is 12.6. The molecule has 2 aromatic carbocycles. The summed E-state index contributed by atoms with van der Waals surface area (Å²) in [7, 11) is 0. The van der Waals surface area contributed by atoms with Crippen LogP contribution < -0.4 is 19.7 Å². The minimum Gasteiger partial charge on any atom is -0.486 e. The van der Waals surface area contributed by atoms with Crippen LogP contribution in [0, 0.1) is 0 Å². The van der Waals surface area contributed by atoms with Gasteiger partial charge in [0, 0.05) is 24.0 Å². The van der Waals surface area contributed by atoms with Crippen LogP contribution in [0.25, 0.3) is 0 Å². The number of rotatable bonds is 3. The number of ether oxygens (including phenoxy) is 2. The van der Waals surface area contributed by atoms with Gasteiger partial charge in [-0.2, -0.15) is 0 Å². The van der Waals surface area contributed by atoms with Crippen molar-refractivity contribution in [3.8, 4) is 11.5 Å². The Kier molecular flexibility index (Phi) is 4.09. The fraction of sp³-hybridized carbons (Fsp3) is 0.182. The van der Waals surface area contributed by atoms with Crippen molar-refractivity contribution < 1.29 is 14.3 Å². The largest absolute Gasteiger partial charge is 0.486 e. The molecule has 28 heavy (non-hydrogen) atoms. The molecule has 3 aromatic rings. The SMILES string of the molecule is O=C(Nc1ccc2c(c1)OCCO2)c1ccc(N2CCc3ccccc32)cn1. The van der Waals surface area contributed by atoms with E-state index in [-0.39, 0.29) is 5.91 Å². The molecule has 0 fully saturated rings. The number of hydrogen-bond acceptors (Lipinski definition) is 5. The zero-order chi connectivity index (χ0) is 18.9. The summed E-state index contributed by atoms with van der Waals surface area (Å²) in [5, 5.41) is 2.86. The number of hydrogen-bond donors (Lipinski definition) is 1. The van der Waals surface area contributed by atoms with E-state index in [9.17, 15) is 4.79 Å². The number of para-hydroxylation sites is 1. The van der Waals surface area contributed by atoms with E-state index in [2.05, 4.69) is 33.4 Å². The number of carbonyl (C=O) groups excluding carboxylic acids is 1. The van der Waals surface area contributed by atoms with Crippen molar-refractivity contribution in [1.82, 2.24) is 4.98 Å². The van der Waals surface area contributed by atoms with Crippen molar-refractivity contribution in [2.24, 2.45) is 0 Å². The first-order valence-corrected chi connectivity index (χ1v) is 9.30. The summed E-state index contributed by atoms with van der Waals surface area (Å²) >= 11 is 0. The predicted octanol–water partition coefficient (Wildman–Crippen LogP) is 3.80. The van der Waals surface area contributed by atoms with Gasteiger partial charge in [-0.05, 0) is 42.3 Å². The lowest BCUT2D eigenvalue weighted by molar-refractivity contribution is 0.102. The third kappa shape index (κ3) is 3.03. The Morgan fingerprint density at radius 1 is 1.00 bits per heavy atom. The van der Waals surface area contributed by atoms with Gasteiger partial charge in [0.1, 0.15) is 18.9 Å². The molecule has 0 bridgehead atoms. The van der Waals surface area contributed by atoms with E-state index in [4.69, 9.17) is 9.47 Å². The third-order valence-electron chi connectivity index (χ3n) is 4.98. The van der Waals surface area contributed by atoms with Crippen molar-refractivity contribution in [2.75, 3.05) is 30.0 Å². The second-order valence-corrected chi connectivity index (χ2v) is 6.74. The van der Waals surface area contributed by atoms with E-state index in [0.717, 1.165) is 18.7 Å². The quantitative estimate of drug-likeness (QED) is 0.757. The van der Waals surface area contributed by atoms with Crippen LogP contribution in [0.15, 0.2) is 60.8 Å². The molecular weight excluding hydrogens is 354 g/mol. The van der Waals surface area contributed by atoms with Crippen LogP contribution in [0.5, 0.6) is 11.5 Å². The van der Waals surface area contributed by atoms with Crippen molar-refractivity contribution in [2.45, 2.75) is 6.42 Å². The van der Waals surface area contributed by atoms with Crippen LogP contribution in [-0.2, 0) is 6.42 Å². The second kappa shape index (κ2) is 6.88. The smallest absolute Gasteiger partial charge is 0.274 e. The van der Waals surface area contributed by atoms with E-state index in [1.165, 1.54) is 11.3 Å². The summed E-state index contributed by atoms with van der Waals surface area (Å²) in [6.07, 6.45) is 2.77. The van der Waals surface area contributed by atoms with E-state index >= 15 is 0 Å². The van der Waals surface area contributed by atoms with Crippen LogP contribution in [0.4, 0.5) is 17.1 Å². The topological polar surface area (TPSA) is 63.7 Å². The number of benzene rings is 2. The molecule has 2 aliphatic heterocycles. The minimum atomic E-state index is -0.259. The Bertz CT molecular complexity index is 1030. The number of amides is 1. The number of pyridine rings is 1. The van der Waals surface area contributed by atoms with Crippen LogP contribution >= 0.6 is 0 Å². The van der Waals surface area contributed by atoms with Gasteiger partial charge in [-0.1, -0.05) is 18.2 Å². The summed E-state index contributed by atoms with van der Waals surface area (Å²) < 4.78 is 11.1. The summed E-state index contributed by atoms with van der Waals surface area (Å²) in [6.45, 7) is 1.97. The van der Waals surface area contributed by atoms with Gasteiger partial charge in [-0.3, -0.25) is 4.79 Å². The average molecular weight is 373 g/mol. The molecule has 0 spiro atoms. The van der Waals surface area contributed by atoms with Gasteiger partial charge in [0.05, 0.1) is 11.9 Å². The van der Waals surface area contributed by atoms with Crippen molar-refractivity contribution in [1.29, 1.82) is 0 Å². The van der Waals surface area contributed by atoms with Gasteiger partial charge in [-0.25, -0.2) is 4.98 Å². The molecule has 2 aliphatic rings. The highest BCUT2D eigenvalue weighted by molar-refractivity contribution is 6.03. The van der Waals surface area contributed by atoms with Gasteiger partial charge in [-0.15, -0.1) is 0 Å². The molecule has 0 radical (unpaired) electrons. The molecule has 1 N–H and O–H groups in total. The highest BCUT2D eigenvalue weighted by Gasteiger charge is 2.20. The Labute approximate surface area is 162 Å². The third-order valence-corrected chi connectivity index (χ3v) is 4.98. The molecule has 0 saturated carbocycles. The van der Waals surface area contributed by atoms with Crippen LogP contribution in [0.2, 0.25) is 0 Å². The number of nitrogens with zero attached hydrogens (tertiary/aromatic N) is 2. The lowest BCUT2D eigenvalue weighted by Crippen LogP contribution is -2.17. The number of anilines is 3. The summed E-state index contributed by atoms with van der Waals surface area (Å²) in [6, 6.07) is 17.4. The lowest BCUT2D eigenvalue weighted by atomic mass is 10.2. The molecule has 140 valence electrons. The van der Waals surface area contributed by atoms with E-state index < -0.39 is 0 Å². The molecule has 1 amide bonds. The van der Waals surface area contributed by atoms with E-state index in [1.54, 1.807) is 30.5 Å². The molecule has 5 rings (SSSR count). The molecule has 0 saturated heterocycles. The van der Waals surface area contributed by atoms with Crippen molar-refractivity contribution in [3.05, 3.63) is 72.1 Å². The molecule has 3 heterocycles. The van der Waals surface area contributed by atoms with Gasteiger partial charge in [0.2, 0.25) is 0 Å². The Morgan fingerprint density at radius 2 is 1.86 bits per heavy atom. The van der Waals surface area contributed by atoms with E-state index in [0.29, 0.717) is 36.1 Å². The first-order chi connectivity index (χ1) is 13.8. The maximum atomic E-state index is 12.6. The highest BCUT2D eigenvalue weighted by atomic mass is 16.6. The molecule has 6 nitrogen and oxygen atoms in total.